The van der Waals surface area contributed by atoms with E-state index in [-0.39, 0.29) is 11.9 Å². The van der Waals surface area contributed by atoms with Gasteiger partial charge in [-0.1, -0.05) is 0 Å². The second-order valence-electron chi connectivity index (χ2n) is 4.28. The number of morpholine rings is 1. The van der Waals surface area contributed by atoms with Crippen molar-refractivity contribution in [2.75, 3.05) is 37.4 Å². The van der Waals surface area contributed by atoms with Crippen LogP contribution in [0.25, 0.3) is 0 Å². The second-order valence-corrected chi connectivity index (χ2v) is 4.28. The van der Waals surface area contributed by atoms with Gasteiger partial charge in [-0.05, 0) is 13.0 Å². The smallest absolute Gasteiger partial charge is 0.244 e. The molecular formula is C12H18N4O2. The van der Waals surface area contributed by atoms with Gasteiger partial charge in [-0.2, -0.15) is 0 Å². The maximum atomic E-state index is 12.1. The van der Waals surface area contributed by atoms with Crippen molar-refractivity contribution in [2.45, 2.75) is 13.0 Å². The molecule has 0 bridgehead atoms. The molecule has 1 saturated heterocycles. The van der Waals surface area contributed by atoms with E-state index in [2.05, 4.69) is 10.3 Å². The molecule has 2 heterocycles. The molecule has 6 heteroatoms. The van der Waals surface area contributed by atoms with Crippen LogP contribution in [-0.2, 0) is 9.53 Å². The van der Waals surface area contributed by atoms with Gasteiger partial charge in [-0.25, -0.2) is 4.98 Å². The van der Waals surface area contributed by atoms with Gasteiger partial charge in [0, 0.05) is 31.0 Å². The van der Waals surface area contributed by atoms with Gasteiger partial charge in [0.15, 0.2) is 0 Å². The highest BCUT2D eigenvalue weighted by molar-refractivity contribution is 5.84. The maximum Gasteiger partial charge on any atom is 0.244 e. The number of aromatic nitrogens is 1. The van der Waals surface area contributed by atoms with Crippen molar-refractivity contribution in [2.24, 2.45) is 0 Å². The average Bonchev–Trinajstić information content (AvgIpc) is 2.39. The predicted octanol–water partition coefficient (Wildman–Crippen LogP) is 0.323. The maximum absolute atomic E-state index is 12.1. The Balaban J connectivity index is 1.94. The second kappa shape index (κ2) is 5.68. The zero-order valence-corrected chi connectivity index (χ0v) is 10.4. The Hall–Kier alpha value is -1.82. The third-order valence-electron chi connectivity index (χ3n) is 2.84. The van der Waals surface area contributed by atoms with Crippen LogP contribution in [0, 0.1) is 0 Å². The van der Waals surface area contributed by atoms with Gasteiger partial charge >= 0.3 is 0 Å². The Morgan fingerprint density at radius 2 is 2.28 bits per heavy atom. The molecule has 0 saturated carbocycles. The summed E-state index contributed by atoms with van der Waals surface area (Å²) in [7, 11) is 0. The van der Waals surface area contributed by atoms with Gasteiger partial charge in [0.25, 0.3) is 0 Å². The molecule has 1 fully saturated rings. The van der Waals surface area contributed by atoms with E-state index in [4.69, 9.17) is 10.5 Å². The summed E-state index contributed by atoms with van der Waals surface area (Å²) >= 11 is 0. The molecule has 6 nitrogen and oxygen atoms in total. The topological polar surface area (TPSA) is 80.5 Å². The summed E-state index contributed by atoms with van der Waals surface area (Å²) in [6, 6.07) is 3.10. The first-order chi connectivity index (χ1) is 8.66. The molecule has 1 unspecified atom stereocenters. The molecule has 0 aliphatic carbocycles. The van der Waals surface area contributed by atoms with Gasteiger partial charge in [-0.15, -0.1) is 0 Å². The number of hydrogen-bond donors (Lipinski definition) is 2. The zero-order chi connectivity index (χ0) is 13.0. The van der Waals surface area contributed by atoms with Crippen molar-refractivity contribution in [3.8, 4) is 0 Å². The van der Waals surface area contributed by atoms with E-state index in [0.29, 0.717) is 37.8 Å². The van der Waals surface area contributed by atoms with Gasteiger partial charge in [0.1, 0.15) is 11.9 Å². The van der Waals surface area contributed by atoms with Gasteiger partial charge in [-0.3, -0.25) is 4.79 Å². The largest absolute Gasteiger partial charge is 0.399 e. The molecule has 1 amide bonds. The fourth-order valence-corrected chi connectivity index (χ4v) is 1.87. The minimum absolute atomic E-state index is 0.0579. The first kappa shape index (κ1) is 12.6. The lowest BCUT2D eigenvalue weighted by atomic mass is 10.2. The highest BCUT2D eigenvalue weighted by Crippen LogP contribution is 2.10. The SMILES string of the molecule is CC(Nc1cc(N)ccn1)C(=O)N1CCOCC1. The van der Waals surface area contributed by atoms with Crippen molar-refractivity contribution < 1.29 is 9.53 Å². The number of rotatable bonds is 3. The van der Waals surface area contributed by atoms with E-state index in [1.54, 1.807) is 23.2 Å². The number of carbonyl (C=O) groups excluding carboxylic acids is 1. The Morgan fingerprint density at radius 3 is 2.94 bits per heavy atom. The summed E-state index contributed by atoms with van der Waals surface area (Å²) < 4.78 is 5.22. The van der Waals surface area contributed by atoms with Crippen LogP contribution in [0.1, 0.15) is 6.92 Å². The fraction of sp³-hybridized carbons (Fsp3) is 0.500. The number of nitrogens with one attached hydrogen (secondary N) is 1. The fourth-order valence-electron chi connectivity index (χ4n) is 1.87. The summed E-state index contributed by atoms with van der Waals surface area (Å²) in [5.41, 5.74) is 6.28. The van der Waals surface area contributed by atoms with Crippen LogP contribution in [0.4, 0.5) is 11.5 Å². The number of nitrogens with two attached hydrogens (primary N) is 1. The number of pyridine rings is 1. The van der Waals surface area contributed by atoms with E-state index >= 15 is 0 Å². The average molecular weight is 250 g/mol. The van der Waals surface area contributed by atoms with Gasteiger partial charge in [0.05, 0.1) is 13.2 Å². The van der Waals surface area contributed by atoms with E-state index in [0.717, 1.165) is 0 Å². The molecule has 1 aromatic heterocycles. The minimum Gasteiger partial charge on any atom is -0.399 e. The third kappa shape index (κ3) is 3.10. The lowest BCUT2D eigenvalue weighted by molar-refractivity contribution is -0.135. The quantitative estimate of drug-likeness (QED) is 0.807. The van der Waals surface area contributed by atoms with Crippen LogP contribution < -0.4 is 11.1 Å². The monoisotopic (exact) mass is 250 g/mol. The Labute approximate surface area is 106 Å². The highest BCUT2D eigenvalue weighted by Gasteiger charge is 2.22. The summed E-state index contributed by atoms with van der Waals surface area (Å²) in [6.07, 6.45) is 1.61. The molecular weight excluding hydrogens is 232 g/mol. The van der Waals surface area contributed by atoms with Crippen LogP contribution >= 0.6 is 0 Å². The van der Waals surface area contributed by atoms with Gasteiger partial charge < -0.3 is 20.7 Å². The molecule has 0 aromatic carbocycles. The molecule has 0 spiro atoms. The van der Waals surface area contributed by atoms with Crippen molar-refractivity contribution in [1.29, 1.82) is 0 Å². The number of nitrogen functional groups attached to an aromatic ring is 1. The summed E-state index contributed by atoms with van der Waals surface area (Å²) in [5.74, 6) is 0.673. The first-order valence-corrected chi connectivity index (χ1v) is 6.01. The molecule has 2 rings (SSSR count). The zero-order valence-electron chi connectivity index (χ0n) is 10.4. The third-order valence-corrected chi connectivity index (χ3v) is 2.84. The van der Waals surface area contributed by atoms with Crippen molar-refractivity contribution in [3.05, 3.63) is 18.3 Å². The molecule has 1 aliphatic rings. The summed E-state index contributed by atoms with van der Waals surface area (Å²) in [4.78, 5) is 18.1. The van der Waals surface area contributed by atoms with Crippen molar-refractivity contribution >= 4 is 17.4 Å². The lowest BCUT2D eigenvalue weighted by Crippen LogP contribution is -2.47. The molecule has 18 heavy (non-hydrogen) atoms. The standard InChI is InChI=1S/C12H18N4O2/c1-9(12(17)16-4-6-18-7-5-16)15-11-8-10(13)2-3-14-11/h2-3,8-9H,4-7H2,1H3,(H3,13,14,15). The normalized spacial score (nSPS) is 17.3. The molecule has 1 aromatic rings. The van der Waals surface area contributed by atoms with E-state index in [1.165, 1.54) is 0 Å². The number of carbonyl (C=O) groups is 1. The molecule has 98 valence electrons. The summed E-state index contributed by atoms with van der Waals surface area (Å²) in [5, 5.41) is 3.06. The summed E-state index contributed by atoms with van der Waals surface area (Å²) in [6.45, 7) is 4.33. The van der Waals surface area contributed by atoms with E-state index in [9.17, 15) is 4.79 Å². The van der Waals surface area contributed by atoms with Crippen LogP contribution in [-0.4, -0.2) is 48.1 Å². The predicted molar refractivity (Wildman–Crippen MR) is 69.1 cm³/mol. The molecule has 1 aliphatic heterocycles. The molecule has 1 atom stereocenters. The highest BCUT2D eigenvalue weighted by atomic mass is 16.5. The Morgan fingerprint density at radius 1 is 1.56 bits per heavy atom. The van der Waals surface area contributed by atoms with Crippen LogP contribution in [0.2, 0.25) is 0 Å². The number of ether oxygens (including phenoxy) is 1. The molecule has 3 N–H and O–H groups in total. The van der Waals surface area contributed by atoms with Crippen molar-refractivity contribution in [1.82, 2.24) is 9.88 Å². The van der Waals surface area contributed by atoms with Crippen LogP contribution in [0.5, 0.6) is 0 Å². The molecule has 0 radical (unpaired) electrons. The van der Waals surface area contributed by atoms with Crippen LogP contribution in [0.15, 0.2) is 18.3 Å². The Kier molecular flexibility index (Phi) is 3.99. The number of nitrogens with zero attached hydrogens (tertiary/aromatic N) is 2. The number of anilines is 2. The van der Waals surface area contributed by atoms with Crippen LogP contribution in [0.3, 0.4) is 0 Å². The Bertz CT molecular complexity index is 418. The van der Waals surface area contributed by atoms with Gasteiger partial charge in [0.2, 0.25) is 5.91 Å². The number of amides is 1. The lowest BCUT2D eigenvalue weighted by Gasteiger charge is -2.29. The first-order valence-electron chi connectivity index (χ1n) is 6.01. The number of hydrogen-bond acceptors (Lipinski definition) is 5. The van der Waals surface area contributed by atoms with E-state index < -0.39 is 0 Å². The van der Waals surface area contributed by atoms with Crippen molar-refractivity contribution in [3.63, 3.8) is 0 Å². The minimum atomic E-state index is -0.322. The van der Waals surface area contributed by atoms with E-state index in [1.807, 2.05) is 6.92 Å².